The maximum absolute atomic E-state index is 11.1. The first kappa shape index (κ1) is 26.8. The average molecular weight is 554 g/mol. The number of carboxylic acid groups (broad SMARTS) is 1. The van der Waals surface area contributed by atoms with Crippen molar-refractivity contribution in [1.29, 1.82) is 10.5 Å². The summed E-state index contributed by atoms with van der Waals surface area (Å²) in [4.78, 5) is 20.1. The second-order valence-electron chi connectivity index (χ2n) is 8.97. The molecule has 3 heterocycles. The second kappa shape index (κ2) is 11.5. The van der Waals surface area contributed by atoms with Crippen LogP contribution in [-0.4, -0.2) is 40.4 Å². The Morgan fingerprint density at radius 2 is 1.80 bits per heavy atom. The molecule has 1 saturated heterocycles. The van der Waals surface area contributed by atoms with Gasteiger partial charge < -0.3 is 24.7 Å². The van der Waals surface area contributed by atoms with Crippen LogP contribution in [0, 0.1) is 29.6 Å². The molecule has 11 heteroatoms. The molecule has 0 aliphatic carbocycles. The molecule has 10 nitrogen and oxygen atoms in total. The highest BCUT2D eigenvalue weighted by Gasteiger charge is 2.22. The Bertz CT molecular complexity index is 1650. The number of aromatic nitrogens is 2. The van der Waals surface area contributed by atoms with Crippen LogP contribution >= 0.6 is 11.8 Å². The molecule has 0 amide bonds. The molecule has 0 spiro atoms. The van der Waals surface area contributed by atoms with Crippen LogP contribution in [0.15, 0.2) is 58.0 Å². The zero-order valence-electron chi connectivity index (χ0n) is 21.4. The molecular weight excluding hydrogens is 530 g/mol. The molecular formula is C29H23N5O5S. The van der Waals surface area contributed by atoms with Gasteiger partial charge in [-0.15, -0.1) is 0 Å². The summed E-state index contributed by atoms with van der Waals surface area (Å²) >= 11 is 1.26. The van der Waals surface area contributed by atoms with Crippen LogP contribution in [0.1, 0.15) is 39.4 Å². The molecule has 2 aromatic heterocycles. The summed E-state index contributed by atoms with van der Waals surface area (Å²) in [6.45, 7) is 2.99. The van der Waals surface area contributed by atoms with E-state index in [0.717, 1.165) is 6.42 Å². The van der Waals surface area contributed by atoms with Crippen LogP contribution in [-0.2, 0) is 10.5 Å². The number of thioether (sulfide) groups is 1. The number of nitrogens with two attached hydrogens (primary N) is 1. The number of oxazole rings is 1. The third-order valence-corrected chi connectivity index (χ3v) is 7.35. The molecule has 1 aliphatic rings. The number of pyridine rings is 1. The number of carboxylic acids is 1. The number of anilines is 1. The van der Waals surface area contributed by atoms with E-state index in [-0.39, 0.29) is 28.6 Å². The summed E-state index contributed by atoms with van der Waals surface area (Å²) in [6, 6.07) is 17.7. The van der Waals surface area contributed by atoms with Gasteiger partial charge in [-0.3, -0.25) is 0 Å². The number of nitriles is 2. The minimum absolute atomic E-state index is 0.000584. The van der Waals surface area contributed by atoms with Gasteiger partial charge in [-0.05, 0) is 48.9 Å². The highest BCUT2D eigenvalue weighted by Crippen LogP contribution is 2.38. The summed E-state index contributed by atoms with van der Waals surface area (Å²) in [5.41, 5.74) is 9.02. The molecule has 2 aromatic carbocycles. The van der Waals surface area contributed by atoms with Crippen molar-refractivity contribution < 1.29 is 23.8 Å². The number of hydrogen-bond acceptors (Lipinski definition) is 10. The topological polar surface area (TPSA) is 168 Å². The minimum atomic E-state index is -1.02. The smallest absolute Gasteiger partial charge is 0.335 e. The molecule has 1 unspecified atom stereocenters. The van der Waals surface area contributed by atoms with E-state index in [1.807, 2.05) is 0 Å². The lowest BCUT2D eigenvalue weighted by atomic mass is 9.97. The van der Waals surface area contributed by atoms with E-state index in [9.17, 15) is 15.3 Å². The quantitative estimate of drug-likeness (QED) is 0.275. The van der Waals surface area contributed by atoms with Crippen LogP contribution in [0.4, 0.5) is 5.82 Å². The Morgan fingerprint density at radius 1 is 1.10 bits per heavy atom. The predicted octanol–water partition coefficient (Wildman–Crippen LogP) is 5.20. The Morgan fingerprint density at radius 3 is 2.42 bits per heavy atom. The van der Waals surface area contributed by atoms with E-state index in [2.05, 4.69) is 22.1 Å². The summed E-state index contributed by atoms with van der Waals surface area (Å²) in [7, 11) is 0. The van der Waals surface area contributed by atoms with Gasteiger partial charge in [-0.1, -0.05) is 23.9 Å². The number of nitrogen functional groups attached to an aromatic ring is 1. The third-order valence-electron chi connectivity index (χ3n) is 6.37. The van der Waals surface area contributed by atoms with Crippen LogP contribution < -0.4 is 10.5 Å². The van der Waals surface area contributed by atoms with Gasteiger partial charge in [0, 0.05) is 23.3 Å². The molecule has 40 heavy (non-hydrogen) atoms. The van der Waals surface area contributed by atoms with Crippen molar-refractivity contribution in [2.24, 2.45) is 0 Å². The number of carbonyl (C=O) groups is 1. The number of aryl methyl sites for hydroxylation is 1. The molecule has 4 aromatic rings. The maximum atomic E-state index is 11.1. The van der Waals surface area contributed by atoms with Crippen molar-refractivity contribution in [3.63, 3.8) is 0 Å². The van der Waals surface area contributed by atoms with Crippen LogP contribution in [0.5, 0.6) is 5.75 Å². The molecule has 1 atom stereocenters. The van der Waals surface area contributed by atoms with Gasteiger partial charge in [-0.25, -0.2) is 14.8 Å². The van der Waals surface area contributed by atoms with E-state index in [0.29, 0.717) is 63.8 Å². The normalized spacial score (nSPS) is 14.4. The number of ether oxygens (including phenoxy) is 2. The molecule has 0 radical (unpaired) electrons. The number of rotatable bonds is 8. The zero-order valence-corrected chi connectivity index (χ0v) is 22.2. The van der Waals surface area contributed by atoms with Gasteiger partial charge in [0.1, 0.15) is 46.2 Å². The van der Waals surface area contributed by atoms with E-state index < -0.39 is 5.97 Å². The number of aromatic carboxylic acids is 1. The maximum Gasteiger partial charge on any atom is 0.335 e. The van der Waals surface area contributed by atoms with Crippen molar-refractivity contribution >= 4 is 23.5 Å². The van der Waals surface area contributed by atoms with Gasteiger partial charge in [0.05, 0.1) is 30.0 Å². The van der Waals surface area contributed by atoms with Gasteiger partial charge in [0.15, 0.2) is 0 Å². The van der Waals surface area contributed by atoms with E-state index >= 15 is 0 Å². The van der Waals surface area contributed by atoms with Gasteiger partial charge in [0.25, 0.3) is 0 Å². The first-order chi connectivity index (χ1) is 19.4. The van der Waals surface area contributed by atoms with E-state index in [1.165, 1.54) is 23.9 Å². The van der Waals surface area contributed by atoms with E-state index in [4.69, 9.17) is 24.7 Å². The molecule has 5 rings (SSSR count). The molecule has 3 N–H and O–H groups in total. The van der Waals surface area contributed by atoms with E-state index in [1.54, 1.807) is 43.3 Å². The van der Waals surface area contributed by atoms with Crippen molar-refractivity contribution in [2.75, 3.05) is 18.9 Å². The second-order valence-corrected chi connectivity index (χ2v) is 9.94. The summed E-state index contributed by atoms with van der Waals surface area (Å²) < 4.78 is 17.1. The van der Waals surface area contributed by atoms with Crippen LogP contribution in [0.3, 0.4) is 0 Å². The van der Waals surface area contributed by atoms with Gasteiger partial charge in [0.2, 0.25) is 5.89 Å². The third kappa shape index (κ3) is 5.47. The number of benzene rings is 2. The van der Waals surface area contributed by atoms with Crippen LogP contribution in [0.2, 0.25) is 0 Å². The Balaban J connectivity index is 1.41. The lowest BCUT2D eigenvalue weighted by Crippen LogP contribution is -2.15. The molecule has 0 saturated carbocycles. The Kier molecular flexibility index (Phi) is 7.69. The lowest BCUT2D eigenvalue weighted by Gasteiger charge is -2.15. The fraction of sp³-hybridized carbons (Fsp3) is 0.207. The fourth-order valence-corrected chi connectivity index (χ4v) is 5.26. The minimum Gasteiger partial charge on any atom is -0.488 e. The first-order valence-electron chi connectivity index (χ1n) is 12.3. The summed E-state index contributed by atoms with van der Waals surface area (Å²) in [5, 5.41) is 29.4. The molecule has 1 aliphatic heterocycles. The number of nitrogens with zero attached hydrogens (tertiary/aromatic N) is 4. The van der Waals surface area contributed by atoms with Crippen molar-refractivity contribution in [2.45, 2.75) is 30.2 Å². The summed E-state index contributed by atoms with van der Waals surface area (Å²) in [6.07, 6.45) is 0.823. The monoisotopic (exact) mass is 553 g/mol. The largest absolute Gasteiger partial charge is 0.488 e. The van der Waals surface area contributed by atoms with Gasteiger partial charge >= 0.3 is 5.97 Å². The molecule has 0 bridgehead atoms. The molecule has 200 valence electrons. The predicted molar refractivity (Wildman–Crippen MR) is 147 cm³/mol. The Hall–Kier alpha value is -4.84. The van der Waals surface area contributed by atoms with Crippen LogP contribution in [0.25, 0.3) is 22.6 Å². The highest BCUT2D eigenvalue weighted by atomic mass is 32.2. The fourth-order valence-electron chi connectivity index (χ4n) is 4.27. The first-order valence-corrected chi connectivity index (χ1v) is 13.3. The number of hydrogen-bond donors (Lipinski definition) is 2. The van der Waals surface area contributed by atoms with Crippen molar-refractivity contribution in [1.82, 2.24) is 9.97 Å². The Labute approximate surface area is 234 Å². The average Bonchev–Trinajstić information content (AvgIpc) is 3.61. The molecule has 1 fully saturated rings. The zero-order chi connectivity index (χ0) is 28.2. The SMILES string of the molecule is Cc1oc(-c2ccc(C(=O)O)cc2)nc1CSc1nc(N)c(C#N)c(-c2ccc(OC3CCOC3)cc2)c1C#N. The van der Waals surface area contributed by atoms with Crippen molar-refractivity contribution in [3.8, 4) is 40.5 Å². The highest BCUT2D eigenvalue weighted by molar-refractivity contribution is 7.98. The summed E-state index contributed by atoms with van der Waals surface area (Å²) in [5.74, 6) is 0.933. The lowest BCUT2D eigenvalue weighted by molar-refractivity contribution is 0.0697. The van der Waals surface area contributed by atoms with Crippen molar-refractivity contribution in [3.05, 3.63) is 76.7 Å². The standard InChI is InChI=1S/C29H23N5O5S/c1-16-24(33-27(38-16)18-2-4-19(5-3-18)29(35)36)15-40-28-23(13-31)25(22(12-30)26(32)34-28)17-6-8-20(9-7-17)39-21-10-11-37-14-21/h2-9,21H,10-11,14-15H2,1H3,(H2,32,34)(H,35,36). The van der Waals surface area contributed by atoms with Gasteiger partial charge in [-0.2, -0.15) is 10.5 Å².